The summed E-state index contributed by atoms with van der Waals surface area (Å²) < 4.78 is 22.8. The molecule has 43 valence electrons. The van der Waals surface area contributed by atoms with Crippen LogP contribution in [0.3, 0.4) is 0 Å². The molecule has 0 amide bonds. The Morgan fingerprint density at radius 1 is 1.57 bits per heavy atom. The van der Waals surface area contributed by atoms with E-state index in [4.69, 9.17) is 0 Å². The van der Waals surface area contributed by atoms with Gasteiger partial charge in [-0.15, -0.1) is 0 Å². The monoisotopic (exact) mass is 107 g/mol. The van der Waals surface area contributed by atoms with E-state index in [-0.39, 0.29) is 0 Å². The van der Waals surface area contributed by atoms with E-state index in [0.717, 1.165) is 0 Å². The molecule has 0 fully saturated rings. The second kappa shape index (κ2) is 2.94. The van der Waals surface area contributed by atoms with Gasteiger partial charge in [0.15, 0.2) is 0 Å². The molecule has 0 aliphatic rings. The lowest BCUT2D eigenvalue weighted by atomic mass is 10.1. The molecule has 0 aromatic carbocycles. The molecule has 0 N–H and O–H groups in total. The summed E-state index contributed by atoms with van der Waals surface area (Å²) >= 11 is 0. The highest BCUT2D eigenvalue weighted by molar-refractivity contribution is 4.54. The summed E-state index contributed by atoms with van der Waals surface area (Å²) in [6.07, 6.45) is -1.88. The van der Waals surface area contributed by atoms with Crippen molar-refractivity contribution >= 4 is 0 Å². The normalized spacial score (nSPS) is 15.0. The molecule has 2 heteroatoms. The third-order valence-electron chi connectivity index (χ3n) is 0.885. The average Bonchev–Trinajstić information content (AvgIpc) is 1.65. The van der Waals surface area contributed by atoms with Crippen molar-refractivity contribution in [3.63, 3.8) is 0 Å². The fourth-order valence-corrected chi connectivity index (χ4v) is 0.126. The molecule has 7 heavy (non-hydrogen) atoms. The first-order valence-corrected chi connectivity index (χ1v) is 2.26. The summed E-state index contributed by atoms with van der Waals surface area (Å²) in [6, 6.07) is 0. The van der Waals surface area contributed by atoms with Crippen LogP contribution in [0.1, 0.15) is 13.3 Å². The first kappa shape index (κ1) is 6.86. The number of alkyl halides is 2. The van der Waals surface area contributed by atoms with Gasteiger partial charge >= 0.3 is 0 Å². The Morgan fingerprint density at radius 3 is 2.00 bits per heavy atom. The quantitative estimate of drug-likeness (QED) is 0.507. The lowest BCUT2D eigenvalue weighted by Gasteiger charge is -2.03. The second-order valence-electron chi connectivity index (χ2n) is 1.60. The van der Waals surface area contributed by atoms with E-state index in [1.165, 1.54) is 6.92 Å². The predicted molar refractivity (Wildman–Crippen MR) is 25.1 cm³/mol. The van der Waals surface area contributed by atoms with Gasteiger partial charge in [0.2, 0.25) is 6.43 Å². The van der Waals surface area contributed by atoms with Crippen molar-refractivity contribution in [2.45, 2.75) is 19.8 Å². The third kappa shape index (κ3) is 2.54. The smallest absolute Gasteiger partial charge is 0.210 e. The summed E-state index contributed by atoms with van der Waals surface area (Å²) in [4.78, 5) is 0. The van der Waals surface area contributed by atoms with Gasteiger partial charge in [0.1, 0.15) is 0 Å². The Labute approximate surface area is 42.5 Å². The minimum Gasteiger partial charge on any atom is -0.210 e. The Kier molecular flexibility index (Phi) is 2.88. The van der Waals surface area contributed by atoms with Gasteiger partial charge in [-0.05, 0) is 6.42 Å². The van der Waals surface area contributed by atoms with E-state index in [0.29, 0.717) is 6.42 Å². The molecule has 0 spiro atoms. The highest BCUT2D eigenvalue weighted by atomic mass is 19.3. The molecule has 1 unspecified atom stereocenters. The lowest BCUT2D eigenvalue weighted by Crippen LogP contribution is -2.03. The van der Waals surface area contributed by atoms with Crippen molar-refractivity contribution in [1.29, 1.82) is 0 Å². The molecule has 1 radical (unpaired) electrons. The zero-order chi connectivity index (χ0) is 5.86. The van der Waals surface area contributed by atoms with E-state index < -0.39 is 12.3 Å². The van der Waals surface area contributed by atoms with Crippen LogP contribution in [0.5, 0.6) is 0 Å². The van der Waals surface area contributed by atoms with Crippen LogP contribution >= 0.6 is 0 Å². The molecule has 0 aliphatic carbocycles. The molecule has 0 aliphatic heterocycles. The van der Waals surface area contributed by atoms with Crippen LogP contribution in [0.25, 0.3) is 0 Å². The maximum Gasteiger partial charge on any atom is 0.241 e. The van der Waals surface area contributed by atoms with Gasteiger partial charge in [0, 0.05) is 5.92 Å². The average molecular weight is 107 g/mol. The molecule has 0 nitrogen and oxygen atoms in total. The zero-order valence-corrected chi connectivity index (χ0v) is 4.32. The summed E-state index contributed by atoms with van der Waals surface area (Å²) in [7, 11) is 0. The summed E-state index contributed by atoms with van der Waals surface area (Å²) in [5, 5.41) is 0. The van der Waals surface area contributed by atoms with Crippen LogP contribution in [-0.2, 0) is 0 Å². The Bertz CT molecular complexity index is 43.3. The van der Waals surface area contributed by atoms with Crippen LogP contribution in [0.15, 0.2) is 0 Å². The molecule has 0 saturated carbocycles. The maximum atomic E-state index is 11.4. The van der Waals surface area contributed by atoms with Crippen LogP contribution in [-0.4, -0.2) is 6.43 Å². The van der Waals surface area contributed by atoms with Gasteiger partial charge in [0.25, 0.3) is 0 Å². The van der Waals surface area contributed by atoms with Crippen molar-refractivity contribution in [2.75, 3.05) is 0 Å². The SMILES string of the molecule is [CH2]CC(C)C(F)F. The molecule has 0 aromatic rings. The highest BCUT2D eigenvalue weighted by Crippen LogP contribution is 2.10. The van der Waals surface area contributed by atoms with E-state index in [1.807, 2.05) is 0 Å². The largest absolute Gasteiger partial charge is 0.241 e. The number of rotatable bonds is 2. The van der Waals surface area contributed by atoms with E-state index in [2.05, 4.69) is 6.92 Å². The first-order chi connectivity index (χ1) is 3.18. The fraction of sp³-hybridized carbons (Fsp3) is 0.800. The first-order valence-electron chi connectivity index (χ1n) is 2.26. The molecule has 0 aromatic heterocycles. The van der Waals surface area contributed by atoms with Crippen molar-refractivity contribution in [3.8, 4) is 0 Å². The summed E-state index contributed by atoms with van der Waals surface area (Å²) in [5.74, 6) is -0.542. The molecule has 0 rings (SSSR count). The predicted octanol–water partition coefficient (Wildman–Crippen LogP) is 2.11. The fourth-order valence-electron chi connectivity index (χ4n) is 0.126. The van der Waals surface area contributed by atoms with Crippen LogP contribution < -0.4 is 0 Å². The van der Waals surface area contributed by atoms with Gasteiger partial charge in [0.05, 0.1) is 0 Å². The van der Waals surface area contributed by atoms with Gasteiger partial charge in [-0.3, -0.25) is 0 Å². The van der Waals surface area contributed by atoms with Crippen molar-refractivity contribution in [1.82, 2.24) is 0 Å². The Balaban J connectivity index is 3.14. The molecule has 0 saturated heterocycles. The molecule has 0 heterocycles. The van der Waals surface area contributed by atoms with Gasteiger partial charge in [-0.25, -0.2) is 8.78 Å². The summed E-state index contributed by atoms with van der Waals surface area (Å²) in [6.45, 7) is 4.81. The lowest BCUT2D eigenvalue weighted by molar-refractivity contribution is 0.0876. The van der Waals surface area contributed by atoms with Gasteiger partial charge in [-0.1, -0.05) is 13.8 Å². The van der Waals surface area contributed by atoms with Crippen molar-refractivity contribution < 1.29 is 8.78 Å². The third-order valence-corrected chi connectivity index (χ3v) is 0.885. The molecule has 1 atom stereocenters. The number of halogens is 2. The summed E-state index contributed by atoms with van der Waals surface area (Å²) in [5.41, 5.74) is 0. The minimum atomic E-state index is -2.20. The van der Waals surface area contributed by atoms with Crippen LogP contribution in [0, 0.1) is 12.8 Å². The Hall–Kier alpha value is -0.140. The standard InChI is InChI=1S/C5H9F2/c1-3-4(2)5(6)7/h4-5H,1,3H2,2H3. The van der Waals surface area contributed by atoms with E-state index in [1.54, 1.807) is 0 Å². The van der Waals surface area contributed by atoms with E-state index >= 15 is 0 Å². The highest BCUT2D eigenvalue weighted by Gasteiger charge is 2.10. The second-order valence-corrected chi connectivity index (χ2v) is 1.60. The topological polar surface area (TPSA) is 0 Å². The van der Waals surface area contributed by atoms with Gasteiger partial charge < -0.3 is 0 Å². The number of hydrogen-bond acceptors (Lipinski definition) is 0. The molecular weight excluding hydrogens is 98.1 g/mol. The maximum absolute atomic E-state index is 11.4. The van der Waals surface area contributed by atoms with Crippen molar-refractivity contribution in [3.05, 3.63) is 6.92 Å². The van der Waals surface area contributed by atoms with Crippen LogP contribution in [0.4, 0.5) is 8.78 Å². The zero-order valence-electron chi connectivity index (χ0n) is 4.32. The molecular formula is C5H9F2. The molecule has 0 bridgehead atoms. The van der Waals surface area contributed by atoms with E-state index in [9.17, 15) is 8.78 Å². The number of hydrogen-bond donors (Lipinski definition) is 0. The van der Waals surface area contributed by atoms with Crippen LogP contribution in [0.2, 0.25) is 0 Å². The van der Waals surface area contributed by atoms with Crippen molar-refractivity contribution in [2.24, 2.45) is 5.92 Å². The minimum absolute atomic E-state index is 0.317. The Morgan fingerprint density at radius 2 is 2.00 bits per heavy atom. The van der Waals surface area contributed by atoms with Gasteiger partial charge in [-0.2, -0.15) is 0 Å².